The highest BCUT2D eigenvalue weighted by molar-refractivity contribution is 7.99. The number of rotatable bonds is 2. The highest BCUT2D eigenvalue weighted by Gasteiger charge is 1.98. The quantitative estimate of drug-likeness (QED) is 0.868. The van der Waals surface area contributed by atoms with Crippen molar-refractivity contribution in [2.75, 3.05) is 5.73 Å². The Kier molecular flexibility index (Phi) is 3.14. The van der Waals surface area contributed by atoms with Crippen molar-refractivity contribution >= 4 is 29.2 Å². The number of aromatic nitrogens is 1. The van der Waals surface area contributed by atoms with Gasteiger partial charge >= 0.3 is 0 Å². The molecule has 15 heavy (non-hydrogen) atoms. The first kappa shape index (κ1) is 10.3. The molecule has 0 fully saturated rings. The van der Waals surface area contributed by atoms with Gasteiger partial charge in [-0.1, -0.05) is 29.4 Å². The summed E-state index contributed by atoms with van der Waals surface area (Å²) in [6, 6.07) is 11.4. The summed E-state index contributed by atoms with van der Waals surface area (Å²) in [5.74, 6) is 0.533. The minimum absolute atomic E-state index is 0.533. The lowest BCUT2D eigenvalue weighted by Crippen LogP contribution is -1.87. The van der Waals surface area contributed by atoms with Gasteiger partial charge in [0.2, 0.25) is 0 Å². The largest absolute Gasteiger partial charge is 0.384 e. The molecule has 1 aromatic carbocycles. The molecule has 0 spiro atoms. The standard InChI is InChI=1S/C11H9ClN2S/c12-8-2-1-3-9(6-8)15-10-4-5-11(13)14-7-10/h1-7H,(H2,13,14). The summed E-state index contributed by atoms with van der Waals surface area (Å²) in [5.41, 5.74) is 5.50. The Morgan fingerprint density at radius 1 is 1.13 bits per heavy atom. The van der Waals surface area contributed by atoms with Gasteiger partial charge < -0.3 is 5.73 Å². The predicted octanol–water partition coefficient (Wildman–Crippen LogP) is 3.47. The molecule has 0 aliphatic rings. The Hall–Kier alpha value is -1.19. The normalized spacial score (nSPS) is 10.2. The number of nitrogens with two attached hydrogens (primary N) is 1. The molecule has 0 radical (unpaired) electrons. The van der Waals surface area contributed by atoms with Crippen LogP contribution >= 0.6 is 23.4 Å². The topological polar surface area (TPSA) is 38.9 Å². The second-order valence-electron chi connectivity index (χ2n) is 2.98. The average molecular weight is 237 g/mol. The Balaban J connectivity index is 2.18. The highest BCUT2D eigenvalue weighted by Crippen LogP contribution is 2.28. The van der Waals surface area contributed by atoms with Crippen molar-refractivity contribution in [1.82, 2.24) is 4.98 Å². The molecule has 2 nitrogen and oxygen atoms in total. The summed E-state index contributed by atoms with van der Waals surface area (Å²) in [4.78, 5) is 6.16. The molecule has 4 heteroatoms. The molecule has 0 aliphatic carbocycles. The zero-order chi connectivity index (χ0) is 10.7. The zero-order valence-corrected chi connectivity index (χ0v) is 9.42. The molecule has 0 aliphatic heterocycles. The van der Waals surface area contributed by atoms with Crippen LogP contribution < -0.4 is 5.73 Å². The lowest BCUT2D eigenvalue weighted by Gasteiger charge is -2.01. The number of nitrogens with zero attached hydrogens (tertiary/aromatic N) is 1. The third-order valence-corrected chi connectivity index (χ3v) is 2.99. The lowest BCUT2D eigenvalue weighted by atomic mass is 10.4. The maximum atomic E-state index is 5.89. The Morgan fingerprint density at radius 3 is 2.67 bits per heavy atom. The number of benzene rings is 1. The maximum Gasteiger partial charge on any atom is 0.123 e. The van der Waals surface area contributed by atoms with Crippen LogP contribution in [0.5, 0.6) is 0 Å². The van der Waals surface area contributed by atoms with Crippen LogP contribution in [0.15, 0.2) is 52.4 Å². The molecule has 0 saturated carbocycles. The fourth-order valence-electron chi connectivity index (χ4n) is 1.12. The molecule has 2 aromatic rings. The number of nitrogen functional groups attached to an aromatic ring is 1. The molecule has 1 heterocycles. The van der Waals surface area contributed by atoms with Crippen molar-refractivity contribution < 1.29 is 0 Å². The summed E-state index contributed by atoms with van der Waals surface area (Å²) < 4.78 is 0. The summed E-state index contributed by atoms with van der Waals surface area (Å²) in [5, 5.41) is 0.739. The van der Waals surface area contributed by atoms with Crippen LogP contribution in [-0.4, -0.2) is 4.98 Å². The van der Waals surface area contributed by atoms with Crippen LogP contribution in [-0.2, 0) is 0 Å². The molecule has 0 bridgehead atoms. The van der Waals surface area contributed by atoms with Gasteiger partial charge in [-0.15, -0.1) is 0 Å². The van der Waals surface area contributed by atoms with Crippen LogP contribution in [0.2, 0.25) is 5.02 Å². The van der Waals surface area contributed by atoms with Crippen molar-refractivity contribution in [3.8, 4) is 0 Å². The van der Waals surface area contributed by atoms with E-state index in [1.165, 1.54) is 0 Å². The summed E-state index contributed by atoms with van der Waals surface area (Å²) in [6.45, 7) is 0. The molecular formula is C11H9ClN2S. The number of hydrogen-bond donors (Lipinski definition) is 1. The van der Waals surface area contributed by atoms with Gasteiger partial charge in [0.15, 0.2) is 0 Å². The lowest BCUT2D eigenvalue weighted by molar-refractivity contribution is 1.24. The Bertz CT molecular complexity index is 456. The molecule has 0 unspecified atom stereocenters. The third kappa shape index (κ3) is 2.88. The first-order chi connectivity index (χ1) is 7.24. The van der Waals surface area contributed by atoms with E-state index >= 15 is 0 Å². The molecule has 0 amide bonds. The van der Waals surface area contributed by atoms with E-state index in [2.05, 4.69) is 4.98 Å². The van der Waals surface area contributed by atoms with E-state index < -0.39 is 0 Å². The Morgan fingerprint density at radius 2 is 2.00 bits per heavy atom. The highest BCUT2D eigenvalue weighted by atomic mass is 35.5. The average Bonchev–Trinajstić information content (AvgIpc) is 2.22. The molecule has 0 atom stereocenters. The number of hydrogen-bond acceptors (Lipinski definition) is 3. The number of halogens is 1. The van der Waals surface area contributed by atoms with Gasteiger partial charge in [-0.2, -0.15) is 0 Å². The van der Waals surface area contributed by atoms with E-state index in [0.717, 1.165) is 14.8 Å². The summed E-state index contributed by atoms with van der Waals surface area (Å²) in [7, 11) is 0. The van der Waals surface area contributed by atoms with Gasteiger partial charge in [0.1, 0.15) is 5.82 Å². The molecular weight excluding hydrogens is 228 g/mol. The fraction of sp³-hybridized carbons (Fsp3) is 0. The van der Waals surface area contributed by atoms with Gasteiger partial charge in [-0.05, 0) is 30.3 Å². The van der Waals surface area contributed by atoms with Crippen LogP contribution in [0.4, 0.5) is 5.82 Å². The number of anilines is 1. The summed E-state index contributed by atoms with van der Waals surface area (Å²) >= 11 is 7.50. The second-order valence-corrected chi connectivity index (χ2v) is 4.56. The van der Waals surface area contributed by atoms with E-state index in [1.807, 2.05) is 30.3 Å². The van der Waals surface area contributed by atoms with E-state index in [0.29, 0.717) is 5.82 Å². The van der Waals surface area contributed by atoms with E-state index in [4.69, 9.17) is 17.3 Å². The van der Waals surface area contributed by atoms with Crippen LogP contribution in [0.1, 0.15) is 0 Å². The summed E-state index contributed by atoms with van der Waals surface area (Å²) in [6.07, 6.45) is 1.75. The van der Waals surface area contributed by atoms with Crippen molar-refractivity contribution in [2.24, 2.45) is 0 Å². The molecule has 76 valence electrons. The van der Waals surface area contributed by atoms with Gasteiger partial charge in [0, 0.05) is 21.0 Å². The SMILES string of the molecule is Nc1ccc(Sc2cccc(Cl)c2)cn1. The van der Waals surface area contributed by atoms with Gasteiger partial charge in [-0.25, -0.2) is 4.98 Å². The predicted molar refractivity (Wildman–Crippen MR) is 64.2 cm³/mol. The maximum absolute atomic E-state index is 5.89. The molecule has 2 rings (SSSR count). The van der Waals surface area contributed by atoms with Crippen LogP contribution in [0.25, 0.3) is 0 Å². The molecule has 0 saturated heterocycles. The minimum Gasteiger partial charge on any atom is -0.384 e. The van der Waals surface area contributed by atoms with Crippen LogP contribution in [0.3, 0.4) is 0 Å². The third-order valence-electron chi connectivity index (χ3n) is 1.79. The number of pyridine rings is 1. The van der Waals surface area contributed by atoms with Crippen molar-refractivity contribution in [1.29, 1.82) is 0 Å². The van der Waals surface area contributed by atoms with Crippen molar-refractivity contribution in [2.45, 2.75) is 9.79 Å². The molecule has 1 aromatic heterocycles. The monoisotopic (exact) mass is 236 g/mol. The second kappa shape index (κ2) is 4.55. The van der Waals surface area contributed by atoms with Crippen molar-refractivity contribution in [3.05, 3.63) is 47.6 Å². The first-order valence-electron chi connectivity index (χ1n) is 4.39. The van der Waals surface area contributed by atoms with Gasteiger partial charge in [0.05, 0.1) is 0 Å². The smallest absolute Gasteiger partial charge is 0.123 e. The van der Waals surface area contributed by atoms with Gasteiger partial charge in [-0.3, -0.25) is 0 Å². The fourth-order valence-corrected chi connectivity index (χ4v) is 2.22. The van der Waals surface area contributed by atoms with Crippen LogP contribution in [0, 0.1) is 0 Å². The molecule has 2 N–H and O–H groups in total. The van der Waals surface area contributed by atoms with E-state index in [-0.39, 0.29) is 0 Å². The van der Waals surface area contributed by atoms with E-state index in [1.54, 1.807) is 24.0 Å². The first-order valence-corrected chi connectivity index (χ1v) is 5.58. The minimum atomic E-state index is 0.533. The Labute approximate surface area is 97.5 Å². The van der Waals surface area contributed by atoms with Crippen molar-refractivity contribution in [3.63, 3.8) is 0 Å². The van der Waals surface area contributed by atoms with Gasteiger partial charge in [0.25, 0.3) is 0 Å². The zero-order valence-electron chi connectivity index (χ0n) is 7.85. The van der Waals surface area contributed by atoms with E-state index in [9.17, 15) is 0 Å².